The molecule has 0 aliphatic carbocycles. The lowest BCUT2D eigenvalue weighted by molar-refractivity contribution is -0.120. The number of carbonyl (C=O) groups excluding carboxylic acids is 1. The van der Waals surface area contributed by atoms with Crippen LogP contribution in [0.15, 0.2) is 18.2 Å². The van der Waals surface area contributed by atoms with Gasteiger partial charge in [-0.05, 0) is 32.0 Å². The van der Waals surface area contributed by atoms with Gasteiger partial charge in [0.1, 0.15) is 11.6 Å². The highest BCUT2D eigenvalue weighted by molar-refractivity contribution is 6.30. The molecule has 0 unspecified atom stereocenters. The highest BCUT2D eigenvalue weighted by Crippen LogP contribution is 2.32. The molecule has 0 aromatic heterocycles. The van der Waals surface area contributed by atoms with Gasteiger partial charge in [0, 0.05) is 10.6 Å². The number of carbonyl (C=O) groups is 1. The minimum Gasteiger partial charge on any atom is -0.496 e. The molecule has 0 bridgehead atoms. The Morgan fingerprint density at radius 1 is 1.47 bits per heavy atom. The minimum absolute atomic E-state index is 0.0771. The van der Waals surface area contributed by atoms with Crippen LogP contribution in [0.25, 0.3) is 0 Å². The maximum absolute atomic E-state index is 11.4. The molecule has 0 fully saturated rings. The topological polar surface area (TPSA) is 38.3 Å². The number of hydrogen-bond acceptors (Lipinski definition) is 2. The molecule has 0 spiro atoms. The van der Waals surface area contributed by atoms with Crippen molar-refractivity contribution in [3.05, 3.63) is 28.8 Å². The fourth-order valence-corrected chi connectivity index (χ4v) is 1.86. The standard InChI is InChI=1S/C12H15Cl2NO2/c1-12(2,15-11(16)7-13)9-6-8(14)4-5-10(9)17-3/h4-6H,7H2,1-3H3,(H,15,16). The van der Waals surface area contributed by atoms with Gasteiger partial charge < -0.3 is 10.1 Å². The van der Waals surface area contributed by atoms with E-state index >= 15 is 0 Å². The molecule has 5 heteroatoms. The van der Waals surface area contributed by atoms with Gasteiger partial charge in [0.05, 0.1) is 12.6 Å². The number of hydrogen-bond donors (Lipinski definition) is 1. The molecule has 1 rings (SSSR count). The first-order chi connectivity index (χ1) is 7.90. The molecule has 3 nitrogen and oxygen atoms in total. The van der Waals surface area contributed by atoms with E-state index in [4.69, 9.17) is 27.9 Å². The highest BCUT2D eigenvalue weighted by atomic mass is 35.5. The van der Waals surface area contributed by atoms with Crippen LogP contribution in [0.3, 0.4) is 0 Å². The summed E-state index contributed by atoms with van der Waals surface area (Å²) < 4.78 is 5.26. The molecule has 0 saturated heterocycles. The molecule has 0 aliphatic rings. The smallest absolute Gasteiger partial charge is 0.235 e. The molecule has 0 aliphatic heterocycles. The first-order valence-corrected chi connectivity index (χ1v) is 6.03. The zero-order valence-electron chi connectivity index (χ0n) is 10.0. The van der Waals surface area contributed by atoms with Crippen LogP contribution in [0.1, 0.15) is 19.4 Å². The Kier molecular flexibility index (Phi) is 4.66. The Hall–Kier alpha value is -0.930. The zero-order valence-corrected chi connectivity index (χ0v) is 11.5. The monoisotopic (exact) mass is 275 g/mol. The molecule has 17 heavy (non-hydrogen) atoms. The van der Waals surface area contributed by atoms with E-state index in [1.54, 1.807) is 25.3 Å². The Bertz CT molecular complexity index is 419. The fourth-order valence-electron chi connectivity index (χ4n) is 1.62. The van der Waals surface area contributed by atoms with Gasteiger partial charge in [-0.2, -0.15) is 0 Å². The molecular formula is C12H15Cl2NO2. The molecule has 0 atom stereocenters. The van der Waals surface area contributed by atoms with Crippen LogP contribution in [0.2, 0.25) is 5.02 Å². The third-order valence-corrected chi connectivity index (χ3v) is 2.89. The van der Waals surface area contributed by atoms with Crippen molar-refractivity contribution < 1.29 is 9.53 Å². The number of benzene rings is 1. The quantitative estimate of drug-likeness (QED) is 0.859. The van der Waals surface area contributed by atoms with Crippen LogP contribution in [0.5, 0.6) is 5.75 Å². The Morgan fingerprint density at radius 3 is 2.65 bits per heavy atom. The first-order valence-electron chi connectivity index (χ1n) is 5.11. The van der Waals surface area contributed by atoms with Crippen LogP contribution in [-0.2, 0) is 10.3 Å². The first kappa shape index (κ1) is 14.1. The number of alkyl halides is 1. The van der Waals surface area contributed by atoms with Crippen molar-refractivity contribution in [1.29, 1.82) is 0 Å². The molecule has 1 amide bonds. The summed E-state index contributed by atoms with van der Waals surface area (Å²) in [4.78, 5) is 11.4. The lowest BCUT2D eigenvalue weighted by Gasteiger charge is -2.28. The van der Waals surface area contributed by atoms with Crippen molar-refractivity contribution in [3.63, 3.8) is 0 Å². The molecular weight excluding hydrogens is 261 g/mol. The highest BCUT2D eigenvalue weighted by Gasteiger charge is 2.26. The summed E-state index contributed by atoms with van der Waals surface area (Å²) in [5, 5.41) is 3.41. The molecule has 1 aromatic rings. The van der Waals surface area contributed by atoms with E-state index in [9.17, 15) is 4.79 Å². The largest absolute Gasteiger partial charge is 0.496 e. The SMILES string of the molecule is COc1ccc(Cl)cc1C(C)(C)NC(=O)CCl. The summed E-state index contributed by atoms with van der Waals surface area (Å²) in [6.07, 6.45) is 0. The van der Waals surface area contributed by atoms with Gasteiger partial charge in [-0.1, -0.05) is 11.6 Å². The van der Waals surface area contributed by atoms with Gasteiger partial charge in [0.2, 0.25) is 5.91 Å². The van der Waals surface area contributed by atoms with Gasteiger partial charge in [-0.25, -0.2) is 0 Å². The normalized spacial score (nSPS) is 11.1. The minimum atomic E-state index is -0.595. The predicted molar refractivity (Wildman–Crippen MR) is 69.9 cm³/mol. The van der Waals surface area contributed by atoms with Crippen LogP contribution >= 0.6 is 23.2 Å². The lowest BCUT2D eigenvalue weighted by atomic mass is 9.93. The Labute approximate surface area is 111 Å². The molecule has 0 heterocycles. The predicted octanol–water partition coefficient (Wildman–Crippen LogP) is 2.94. The van der Waals surface area contributed by atoms with Gasteiger partial charge in [-0.3, -0.25) is 4.79 Å². The van der Waals surface area contributed by atoms with E-state index in [1.165, 1.54) is 0 Å². The van der Waals surface area contributed by atoms with Crippen molar-refractivity contribution in [1.82, 2.24) is 5.32 Å². The number of rotatable bonds is 4. The summed E-state index contributed by atoms with van der Waals surface area (Å²) in [6, 6.07) is 5.28. The van der Waals surface area contributed by atoms with Gasteiger partial charge >= 0.3 is 0 Å². The van der Waals surface area contributed by atoms with Crippen LogP contribution in [0, 0.1) is 0 Å². The lowest BCUT2D eigenvalue weighted by Crippen LogP contribution is -2.41. The Morgan fingerprint density at radius 2 is 2.12 bits per heavy atom. The summed E-state index contributed by atoms with van der Waals surface area (Å²) in [5.41, 5.74) is 0.216. The average Bonchev–Trinajstić information content (AvgIpc) is 2.28. The van der Waals surface area contributed by atoms with Crippen molar-refractivity contribution in [3.8, 4) is 5.75 Å². The van der Waals surface area contributed by atoms with Crippen molar-refractivity contribution >= 4 is 29.1 Å². The zero-order chi connectivity index (χ0) is 13.1. The van der Waals surface area contributed by atoms with Crippen LogP contribution < -0.4 is 10.1 Å². The molecule has 0 saturated carbocycles. The summed E-state index contributed by atoms with van der Waals surface area (Å²) in [5.74, 6) is 0.361. The van der Waals surface area contributed by atoms with E-state index in [0.717, 1.165) is 5.56 Å². The average molecular weight is 276 g/mol. The second kappa shape index (κ2) is 5.61. The summed E-state index contributed by atoms with van der Waals surface area (Å²) >= 11 is 11.4. The van der Waals surface area contributed by atoms with Crippen molar-refractivity contribution in [2.75, 3.05) is 13.0 Å². The maximum Gasteiger partial charge on any atom is 0.235 e. The summed E-state index contributed by atoms with van der Waals surface area (Å²) in [7, 11) is 1.58. The van der Waals surface area contributed by atoms with E-state index in [2.05, 4.69) is 5.32 Å². The third kappa shape index (κ3) is 3.51. The number of ether oxygens (including phenoxy) is 1. The number of halogens is 2. The van der Waals surface area contributed by atoms with E-state index < -0.39 is 5.54 Å². The van der Waals surface area contributed by atoms with E-state index in [1.807, 2.05) is 13.8 Å². The van der Waals surface area contributed by atoms with Crippen LogP contribution in [0.4, 0.5) is 0 Å². The van der Waals surface area contributed by atoms with Gasteiger partial charge in [0.25, 0.3) is 0 Å². The fraction of sp³-hybridized carbons (Fsp3) is 0.417. The van der Waals surface area contributed by atoms with Crippen molar-refractivity contribution in [2.24, 2.45) is 0 Å². The molecule has 1 aromatic carbocycles. The second-order valence-corrected chi connectivity index (χ2v) is 4.86. The van der Waals surface area contributed by atoms with E-state index in [-0.39, 0.29) is 11.8 Å². The summed E-state index contributed by atoms with van der Waals surface area (Å²) in [6.45, 7) is 3.73. The third-order valence-electron chi connectivity index (χ3n) is 2.41. The Balaban J connectivity index is 3.12. The number of methoxy groups -OCH3 is 1. The van der Waals surface area contributed by atoms with E-state index in [0.29, 0.717) is 10.8 Å². The van der Waals surface area contributed by atoms with Gasteiger partial charge in [-0.15, -0.1) is 11.6 Å². The molecule has 1 N–H and O–H groups in total. The molecule has 94 valence electrons. The number of nitrogens with one attached hydrogen (secondary N) is 1. The second-order valence-electron chi connectivity index (χ2n) is 4.15. The molecule has 0 radical (unpaired) electrons. The van der Waals surface area contributed by atoms with Gasteiger partial charge in [0.15, 0.2) is 0 Å². The van der Waals surface area contributed by atoms with Crippen LogP contribution in [-0.4, -0.2) is 18.9 Å². The van der Waals surface area contributed by atoms with Crippen molar-refractivity contribution in [2.45, 2.75) is 19.4 Å². The maximum atomic E-state index is 11.4. The number of amides is 1.